The summed E-state index contributed by atoms with van der Waals surface area (Å²) < 4.78 is 26.9. The van der Waals surface area contributed by atoms with E-state index in [4.69, 9.17) is 0 Å². The average Bonchev–Trinajstić information content (AvgIpc) is 3.35. The Kier molecular flexibility index (Phi) is 9.54. The molecule has 0 heterocycles. The van der Waals surface area contributed by atoms with Crippen molar-refractivity contribution in [3.8, 4) is 0 Å². The summed E-state index contributed by atoms with van der Waals surface area (Å²) in [5.74, 6) is -0.575. The van der Waals surface area contributed by atoms with Gasteiger partial charge < -0.3 is 10.2 Å². The van der Waals surface area contributed by atoms with Gasteiger partial charge >= 0.3 is 0 Å². The lowest BCUT2D eigenvalue weighted by Crippen LogP contribution is -2.53. The molecule has 0 radical (unpaired) electrons. The molecule has 1 fully saturated rings. The molecular formula is C28H39N3O4S. The lowest BCUT2D eigenvalue weighted by molar-refractivity contribution is -0.140. The van der Waals surface area contributed by atoms with Gasteiger partial charge in [-0.1, -0.05) is 69.2 Å². The maximum atomic E-state index is 13.9. The zero-order valence-corrected chi connectivity index (χ0v) is 22.7. The molecule has 1 N–H and O–H groups in total. The summed E-state index contributed by atoms with van der Waals surface area (Å²) in [5, 5.41) is 3.13. The van der Waals surface area contributed by atoms with E-state index in [2.05, 4.69) is 5.32 Å². The van der Waals surface area contributed by atoms with Gasteiger partial charge in [-0.05, 0) is 55.4 Å². The molecule has 0 aliphatic heterocycles. The van der Waals surface area contributed by atoms with E-state index >= 15 is 0 Å². The Morgan fingerprint density at radius 2 is 1.61 bits per heavy atom. The number of para-hydroxylation sites is 1. The second kappa shape index (κ2) is 12.4. The fourth-order valence-corrected chi connectivity index (χ4v) is 5.79. The van der Waals surface area contributed by atoms with Crippen LogP contribution in [-0.4, -0.2) is 50.0 Å². The van der Waals surface area contributed by atoms with Gasteiger partial charge in [0.25, 0.3) is 0 Å². The first-order valence-electron chi connectivity index (χ1n) is 12.9. The van der Waals surface area contributed by atoms with E-state index in [1.165, 1.54) is 4.31 Å². The van der Waals surface area contributed by atoms with Gasteiger partial charge in [0, 0.05) is 12.6 Å². The second-order valence-corrected chi connectivity index (χ2v) is 11.5. The number of sulfonamides is 1. The molecule has 1 aliphatic carbocycles. The molecule has 0 bridgehead atoms. The second-order valence-electron chi connectivity index (χ2n) is 9.61. The number of benzene rings is 2. The van der Waals surface area contributed by atoms with Gasteiger partial charge in [-0.15, -0.1) is 0 Å². The summed E-state index contributed by atoms with van der Waals surface area (Å²) in [6.45, 7) is 5.67. The SMILES string of the molecule is CCc1ccccc1N(CC(=O)N(Cc1ccccc1C)C(CC)C(=O)NC1CCCC1)S(C)(=O)=O. The van der Waals surface area contributed by atoms with Crippen LogP contribution in [0.3, 0.4) is 0 Å². The Bertz CT molecular complexity index is 1160. The maximum Gasteiger partial charge on any atom is 0.244 e. The minimum atomic E-state index is -3.75. The van der Waals surface area contributed by atoms with Crippen LogP contribution in [0.2, 0.25) is 0 Å². The first-order valence-corrected chi connectivity index (χ1v) is 14.7. The minimum absolute atomic E-state index is 0.130. The van der Waals surface area contributed by atoms with Crippen LogP contribution in [0.5, 0.6) is 0 Å². The molecule has 1 saturated carbocycles. The third-order valence-corrected chi connectivity index (χ3v) is 8.14. The fraction of sp³-hybridized carbons (Fsp3) is 0.500. The van der Waals surface area contributed by atoms with Gasteiger partial charge in [0.2, 0.25) is 21.8 Å². The van der Waals surface area contributed by atoms with Crippen LogP contribution in [0.4, 0.5) is 5.69 Å². The molecule has 0 spiro atoms. The topological polar surface area (TPSA) is 86.8 Å². The van der Waals surface area contributed by atoms with Crippen LogP contribution in [0, 0.1) is 6.92 Å². The molecule has 2 aromatic rings. The van der Waals surface area contributed by atoms with Gasteiger partial charge in [0.15, 0.2) is 0 Å². The molecule has 0 aromatic heterocycles. The van der Waals surface area contributed by atoms with Gasteiger partial charge in [-0.25, -0.2) is 8.42 Å². The van der Waals surface area contributed by atoms with Crippen molar-refractivity contribution in [3.05, 3.63) is 65.2 Å². The van der Waals surface area contributed by atoms with Crippen molar-refractivity contribution >= 4 is 27.5 Å². The molecule has 2 amide bonds. The third-order valence-electron chi connectivity index (χ3n) is 7.01. The van der Waals surface area contributed by atoms with Crippen LogP contribution in [0.25, 0.3) is 0 Å². The van der Waals surface area contributed by atoms with Crippen molar-refractivity contribution in [3.63, 3.8) is 0 Å². The van der Waals surface area contributed by atoms with E-state index in [9.17, 15) is 18.0 Å². The Morgan fingerprint density at radius 1 is 1.00 bits per heavy atom. The molecule has 1 aliphatic rings. The third kappa shape index (κ3) is 6.87. The Hall–Kier alpha value is -2.87. The van der Waals surface area contributed by atoms with Crippen LogP contribution < -0.4 is 9.62 Å². The van der Waals surface area contributed by atoms with Crippen molar-refractivity contribution in [2.45, 2.75) is 77.9 Å². The number of carbonyl (C=O) groups excluding carboxylic acids is 2. The highest BCUT2D eigenvalue weighted by molar-refractivity contribution is 7.92. The number of anilines is 1. The van der Waals surface area contributed by atoms with Crippen molar-refractivity contribution < 1.29 is 18.0 Å². The highest BCUT2D eigenvalue weighted by Crippen LogP contribution is 2.25. The van der Waals surface area contributed by atoms with E-state index < -0.39 is 22.0 Å². The average molecular weight is 514 g/mol. The number of nitrogens with zero attached hydrogens (tertiary/aromatic N) is 2. The fourth-order valence-electron chi connectivity index (χ4n) is 4.91. The number of carbonyl (C=O) groups is 2. The Morgan fingerprint density at radius 3 is 2.19 bits per heavy atom. The van der Waals surface area contributed by atoms with Gasteiger partial charge in [0.05, 0.1) is 11.9 Å². The molecule has 8 heteroatoms. The number of hydrogen-bond donors (Lipinski definition) is 1. The van der Waals surface area contributed by atoms with Crippen LogP contribution >= 0.6 is 0 Å². The van der Waals surface area contributed by atoms with Crippen LogP contribution in [0.1, 0.15) is 62.6 Å². The van der Waals surface area contributed by atoms with E-state index in [0.29, 0.717) is 18.5 Å². The summed E-state index contributed by atoms with van der Waals surface area (Å²) in [7, 11) is -3.75. The number of amides is 2. The van der Waals surface area contributed by atoms with Crippen molar-refractivity contribution in [1.29, 1.82) is 0 Å². The van der Waals surface area contributed by atoms with E-state index in [-0.39, 0.29) is 25.0 Å². The van der Waals surface area contributed by atoms with Gasteiger partial charge in [-0.2, -0.15) is 0 Å². The van der Waals surface area contributed by atoms with Gasteiger partial charge in [-0.3, -0.25) is 13.9 Å². The molecule has 2 aromatic carbocycles. The minimum Gasteiger partial charge on any atom is -0.352 e. The highest BCUT2D eigenvalue weighted by Gasteiger charge is 2.33. The smallest absolute Gasteiger partial charge is 0.244 e. The zero-order valence-electron chi connectivity index (χ0n) is 21.9. The lowest BCUT2D eigenvalue weighted by atomic mass is 10.1. The zero-order chi connectivity index (χ0) is 26.3. The number of hydrogen-bond acceptors (Lipinski definition) is 4. The predicted molar refractivity (Wildman–Crippen MR) is 144 cm³/mol. The van der Waals surface area contributed by atoms with Crippen molar-refractivity contribution in [2.75, 3.05) is 17.1 Å². The summed E-state index contributed by atoms with van der Waals surface area (Å²) >= 11 is 0. The molecule has 1 unspecified atom stereocenters. The molecule has 7 nitrogen and oxygen atoms in total. The molecular weight excluding hydrogens is 474 g/mol. The van der Waals surface area contributed by atoms with Crippen molar-refractivity contribution in [1.82, 2.24) is 10.2 Å². The van der Waals surface area contributed by atoms with Gasteiger partial charge in [0.1, 0.15) is 12.6 Å². The van der Waals surface area contributed by atoms with E-state index in [0.717, 1.165) is 48.6 Å². The maximum absolute atomic E-state index is 13.9. The van der Waals surface area contributed by atoms with Crippen LogP contribution in [-0.2, 0) is 32.6 Å². The number of nitrogens with one attached hydrogen (secondary N) is 1. The van der Waals surface area contributed by atoms with Crippen LogP contribution in [0.15, 0.2) is 48.5 Å². The molecule has 196 valence electrons. The molecule has 36 heavy (non-hydrogen) atoms. The van der Waals surface area contributed by atoms with E-state index in [1.54, 1.807) is 17.0 Å². The monoisotopic (exact) mass is 513 g/mol. The summed E-state index contributed by atoms with van der Waals surface area (Å²) in [5.41, 5.74) is 3.28. The molecule has 3 rings (SSSR count). The van der Waals surface area contributed by atoms with Crippen molar-refractivity contribution in [2.24, 2.45) is 0 Å². The quantitative estimate of drug-likeness (QED) is 0.488. The summed E-state index contributed by atoms with van der Waals surface area (Å²) in [6, 6.07) is 14.4. The lowest BCUT2D eigenvalue weighted by Gasteiger charge is -2.34. The summed E-state index contributed by atoms with van der Waals surface area (Å²) in [4.78, 5) is 28.8. The standard InChI is InChI=1S/C28H39N3O4S/c1-5-22-14-9-12-18-26(22)31(36(4,34)35)20-27(32)30(19-23-15-8-7-13-21(23)3)25(6-2)28(33)29-24-16-10-11-17-24/h7-9,12-15,18,24-25H,5-6,10-11,16-17,19-20H2,1-4H3,(H,29,33). The summed E-state index contributed by atoms with van der Waals surface area (Å²) in [6.07, 6.45) is 6.25. The number of rotatable bonds is 11. The van der Waals surface area contributed by atoms with E-state index in [1.807, 2.05) is 57.2 Å². The predicted octanol–water partition coefficient (Wildman–Crippen LogP) is 4.19. The molecule has 0 saturated heterocycles. The first-order chi connectivity index (χ1) is 17.2. The largest absolute Gasteiger partial charge is 0.352 e. The Labute approximate surface area is 215 Å². The first kappa shape index (κ1) is 27.7. The normalized spacial score (nSPS) is 14.9. The highest BCUT2D eigenvalue weighted by atomic mass is 32.2. The number of aryl methyl sites for hydroxylation is 2. The Balaban J connectivity index is 1.96. The molecule has 1 atom stereocenters.